The fourth-order valence-corrected chi connectivity index (χ4v) is 16.2. The summed E-state index contributed by atoms with van der Waals surface area (Å²) < 4.78 is 42.9. The maximum Gasteiger partial charge on any atom is 0.524 e. The van der Waals surface area contributed by atoms with E-state index >= 15 is 4.79 Å². The van der Waals surface area contributed by atoms with E-state index in [0.717, 1.165) is 120 Å². The van der Waals surface area contributed by atoms with E-state index in [-0.39, 0.29) is 52.3 Å². The summed E-state index contributed by atoms with van der Waals surface area (Å²) in [6.45, 7) is 6.22. The molecule has 0 radical (unpaired) electrons. The average Bonchev–Trinajstić information content (AvgIpc) is 4.16. The minimum atomic E-state index is -4.93. The van der Waals surface area contributed by atoms with Gasteiger partial charge >= 0.3 is 13.8 Å². The molecular weight excluding hydrogens is 1020 g/mol. The second-order valence-electron chi connectivity index (χ2n) is 23.1. The molecule has 1 aliphatic heterocycles. The summed E-state index contributed by atoms with van der Waals surface area (Å²) in [7, 11) is -5.57. The Kier molecular flexibility index (Phi) is 18.9. The average molecular weight is 1100 g/mol. The van der Waals surface area contributed by atoms with Crippen LogP contribution in [0.15, 0.2) is 101 Å². The largest absolute Gasteiger partial charge is 0.524 e. The molecule has 77 heavy (non-hydrogen) atoms. The lowest BCUT2D eigenvalue weighted by Crippen LogP contribution is -2.63. The number of phosphoric acid groups is 1. The maximum absolute atomic E-state index is 15.1. The number of aliphatic hydroxyl groups is 2. The van der Waals surface area contributed by atoms with Crippen molar-refractivity contribution in [3.05, 3.63) is 119 Å². The molecule has 5 unspecified atom stereocenters. The Balaban J connectivity index is 0.802. The van der Waals surface area contributed by atoms with Gasteiger partial charge in [0.2, 0.25) is 5.78 Å². The third kappa shape index (κ3) is 13.0. The van der Waals surface area contributed by atoms with Gasteiger partial charge in [0.1, 0.15) is 17.8 Å². The molecule has 5 N–H and O–H groups in total. The molecule has 418 valence electrons. The second kappa shape index (κ2) is 25.2. The van der Waals surface area contributed by atoms with Crippen LogP contribution in [0.1, 0.15) is 143 Å². The number of nitrogens with one attached hydrogen (secondary N) is 1. The topological polar surface area (TPSA) is 207 Å². The number of unbranched alkanes of at least 4 members (excludes halogenated alkanes) is 4. The van der Waals surface area contributed by atoms with Crippen LogP contribution in [0.4, 0.5) is 0 Å². The van der Waals surface area contributed by atoms with Gasteiger partial charge in [0.05, 0.1) is 23.9 Å². The van der Waals surface area contributed by atoms with E-state index in [9.17, 15) is 34.2 Å². The first-order valence-corrected chi connectivity index (χ1v) is 31.6. The Hall–Kier alpha value is -3.99. The molecule has 5 fully saturated rings. The standard InChI is InChI=1S/C61H80NO13PS/c1-59-29-28-47(63)35-46(59)25-26-49-50-36-55-61(60(50,2)37-51(64)56(49)59,74-58(73-55)42-20-10-7-11-21-42)54(66)39-72-57(67)44-22-16-23-48(34-44)77(3)40-45-33-43(24-27-53(45)75-76(68,69)70)52(65)38-62-30-13-4-5-14-31-71-32-15-12-19-41-17-8-6-9-18-41/h6,8-9,16-18,22-24,27-29,33-35,42,49-52,55-56,58,62,64-65H,4-5,7,10-15,19-21,25-26,30-32,36-40H2,1-3H3,(H-,68,69,70)/p+1/t49?,50?,51-,52?,55+,56?,58+,59-,60-,61+,77?/m0/s1. The molecule has 4 saturated carbocycles. The van der Waals surface area contributed by atoms with Gasteiger partial charge in [-0.15, -0.1) is 0 Å². The number of ether oxygens (including phenoxy) is 4. The van der Waals surface area contributed by atoms with Crippen molar-refractivity contribution in [1.82, 2.24) is 5.32 Å². The van der Waals surface area contributed by atoms with E-state index in [1.165, 1.54) is 11.6 Å². The number of benzene rings is 3. The highest BCUT2D eigenvalue weighted by Gasteiger charge is 2.76. The molecule has 14 nitrogen and oxygen atoms in total. The van der Waals surface area contributed by atoms with Crippen molar-refractivity contribution in [2.45, 2.75) is 157 Å². The van der Waals surface area contributed by atoms with E-state index in [1.807, 2.05) is 24.5 Å². The summed E-state index contributed by atoms with van der Waals surface area (Å²) in [5.41, 5.74) is 0.955. The predicted octanol–water partition coefficient (Wildman–Crippen LogP) is 9.86. The van der Waals surface area contributed by atoms with E-state index in [0.29, 0.717) is 30.5 Å². The van der Waals surface area contributed by atoms with Crippen LogP contribution < -0.4 is 9.84 Å². The van der Waals surface area contributed by atoms with Crippen LogP contribution in [0.2, 0.25) is 0 Å². The number of aliphatic hydroxyl groups excluding tert-OH is 2. The zero-order chi connectivity index (χ0) is 54.4. The van der Waals surface area contributed by atoms with E-state index in [2.05, 4.69) is 43.4 Å². The Labute approximate surface area is 457 Å². The molecule has 16 heteroatoms. The lowest BCUT2D eigenvalue weighted by molar-refractivity contribution is -0.209. The van der Waals surface area contributed by atoms with Crippen LogP contribution in [0.5, 0.6) is 5.75 Å². The van der Waals surface area contributed by atoms with Crippen LogP contribution >= 0.6 is 7.82 Å². The molecule has 0 aromatic heterocycles. The van der Waals surface area contributed by atoms with Gasteiger partial charge in [-0.25, -0.2) is 9.36 Å². The number of hydrogen-bond donors (Lipinski definition) is 5. The summed E-state index contributed by atoms with van der Waals surface area (Å²) in [6, 6.07) is 22.2. The number of phosphoric ester groups is 1. The number of hydrogen-bond acceptors (Lipinski definition) is 12. The Morgan fingerprint density at radius 2 is 1.69 bits per heavy atom. The number of carbonyl (C=O) groups excluding carboxylic acids is 3. The van der Waals surface area contributed by atoms with Gasteiger partial charge in [0.25, 0.3) is 0 Å². The molecular formula is C61H81NO13PS+. The van der Waals surface area contributed by atoms with E-state index in [1.54, 1.807) is 42.5 Å². The van der Waals surface area contributed by atoms with Crippen molar-refractivity contribution in [2.75, 3.05) is 39.2 Å². The summed E-state index contributed by atoms with van der Waals surface area (Å²) in [6.07, 6.45) is 19.3. The quantitative estimate of drug-likeness (QED) is 0.0232. The smallest absolute Gasteiger partial charge is 0.454 e. The molecule has 1 saturated heterocycles. The van der Waals surface area contributed by atoms with Crippen molar-refractivity contribution in [1.29, 1.82) is 0 Å². The van der Waals surface area contributed by atoms with Gasteiger partial charge in [-0.3, -0.25) is 19.4 Å². The van der Waals surface area contributed by atoms with Crippen LogP contribution in [0.3, 0.4) is 0 Å². The molecule has 0 bridgehead atoms. The zero-order valence-electron chi connectivity index (χ0n) is 45.2. The molecule has 11 atom stereocenters. The highest BCUT2D eigenvalue weighted by Crippen LogP contribution is 2.70. The van der Waals surface area contributed by atoms with Crippen molar-refractivity contribution in [2.24, 2.45) is 34.5 Å². The van der Waals surface area contributed by atoms with Crippen LogP contribution in [-0.4, -0.2) is 101 Å². The first-order valence-electron chi connectivity index (χ1n) is 28.3. The van der Waals surface area contributed by atoms with Crippen molar-refractivity contribution >= 4 is 36.3 Å². The fourth-order valence-electron chi connectivity index (χ4n) is 14.3. The number of rotatable bonds is 25. The first kappa shape index (κ1) is 57.7. The molecule has 0 spiro atoms. The van der Waals surface area contributed by atoms with Gasteiger partial charge in [0.15, 0.2) is 29.2 Å². The molecule has 0 amide bonds. The Morgan fingerprint density at radius 1 is 0.922 bits per heavy atom. The number of fused-ring (bicyclic) bond motifs is 7. The Morgan fingerprint density at radius 3 is 2.47 bits per heavy atom. The molecule has 1 heterocycles. The van der Waals surface area contributed by atoms with Gasteiger partial charge in [0, 0.05) is 64.9 Å². The minimum absolute atomic E-state index is 0.00112. The molecule has 5 aliphatic carbocycles. The number of aryl methyl sites for hydroxylation is 1. The Bertz CT molecular complexity index is 2650. The third-order valence-corrected chi connectivity index (χ3v) is 20.4. The molecule has 6 aliphatic rings. The minimum Gasteiger partial charge on any atom is -0.454 e. The summed E-state index contributed by atoms with van der Waals surface area (Å²) >= 11 is 0. The van der Waals surface area contributed by atoms with Crippen LogP contribution in [0, 0.1) is 34.5 Å². The summed E-state index contributed by atoms with van der Waals surface area (Å²) in [4.78, 5) is 62.0. The lowest BCUT2D eigenvalue weighted by Gasteiger charge is -2.59. The number of carbonyl (C=O) groups is 3. The highest BCUT2D eigenvalue weighted by atomic mass is 32.2. The SMILES string of the molecule is C[S+](Cc1cc(C(O)CNCCCCCCOCCCCc2ccccc2)ccc1OP(=O)(O)O)c1cccc(C(=O)OCC(=O)[C@@]23O[C@H](C4CCCCC4)O[C@@H]2CC2C4CCC5=CC(=O)C=C[C@]5(C)C4[C@@H](O)C[C@@]23C)c1. The van der Waals surface area contributed by atoms with Crippen LogP contribution in [0.25, 0.3) is 0 Å². The normalized spacial score (nSPS) is 29.6. The fraction of sp³-hybridized carbons (Fsp3) is 0.590. The van der Waals surface area contributed by atoms with E-state index in [4.69, 9.17) is 23.5 Å². The van der Waals surface area contributed by atoms with Crippen molar-refractivity contribution < 1.29 is 62.4 Å². The monoisotopic (exact) mass is 1100 g/mol. The number of ketones is 2. The van der Waals surface area contributed by atoms with Crippen LogP contribution in [-0.2, 0) is 56.2 Å². The van der Waals surface area contributed by atoms with Gasteiger partial charge < -0.3 is 39.0 Å². The van der Waals surface area contributed by atoms with Crippen molar-refractivity contribution in [3.63, 3.8) is 0 Å². The second-order valence-corrected chi connectivity index (χ2v) is 26.3. The molecule has 3 aromatic rings. The van der Waals surface area contributed by atoms with Gasteiger partial charge in [-0.05, 0) is 137 Å². The summed E-state index contributed by atoms with van der Waals surface area (Å²) in [5, 5.41) is 26.8. The number of esters is 1. The van der Waals surface area contributed by atoms with Gasteiger partial charge in [-0.2, -0.15) is 0 Å². The van der Waals surface area contributed by atoms with Gasteiger partial charge in [-0.1, -0.05) is 100 Å². The van der Waals surface area contributed by atoms with Crippen molar-refractivity contribution in [3.8, 4) is 5.75 Å². The highest BCUT2D eigenvalue weighted by molar-refractivity contribution is 7.95. The maximum atomic E-state index is 15.1. The first-order chi connectivity index (χ1) is 37.0. The lowest BCUT2D eigenvalue weighted by atomic mass is 9.46. The molecule has 9 rings (SSSR count). The molecule has 3 aromatic carbocycles. The third-order valence-electron chi connectivity index (χ3n) is 18.1. The predicted molar refractivity (Wildman–Crippen MR) is 295 cm³/mol. The number of allylic oxidation sites excluding steroid dienone is 4. The van der Waals surface area contributed by atoms with E-state index < -0.39 is 72.3 Å². The summed E-state index contributed by atoms with van der Waals surface area (Å²) in [5.74, 6) is -0.787. The zero-order valence-corrected chi connectivity index (χ0v) is 46.9. The number of Topliss-reactive ketones (excluding diaryl/α,β-unsaturated/α-hetero) is 1.